The van der Waals surface area contributed by atoms with Crippen molar-refractivity contribution in [2.75, 3.05) is 7.11 Å². The molecule has 0 aliphatic carbocycles. The topological polar surface area (TPSA) is 82.1 Å². The maximum Gasteiger partial charge on any atom is 0.374 e. The van der Waals surface area contributed by atoms with E-state index in [9.17, 15) is 14.5 Å². The molecule has 0 saturated heterocycles. The number of unbranched alkanes of at least 4 members (excludes halogenated alkanes) is 14. The zero-order valence-electron chi connectivity index (χ0n) is 24.4. The Kier molecular flexibility index (Phi) is 24.9. The van der Waals surface area contributed by atoms with Gasteiger partial charge in [-0.05, 0) is 18.8 Å². The smallest absolute Gasteiger partial charge is 0.374 e. The zero-order valence-corrected chi connectivity index (χ0v) is 26.4. The van der Waals surface area contributed by atoms with Crippen LogP contribution in [0.4, 0.5) is 0 Å². The number of carbonyl (C=O) groups excluding carboxylic acids is 1. The summed E-state index contributed by atoms with van der Waals surface area (Å²) in [4.78, 5) is 11.8. The van der Waals surface area contributed by atoms with Crippen LogP contribution in [0.25, 0.3) is 0 Å². The molecule has 0 spiro atoms. The van der Waals surface area contributed by atoms with Crippen molar-refractivity contribution in [3.05, 3.63) is 0 Å². The molecule has 0 aliphatic rings. The molecule has 0 aromatic carbocycles. The van der Waals surface area contributed by atoms with Crippen LogP contribution in [0.1, 0.15) is 149 Å². The van der Waals surface area contributed by atoms with Gasteiger partial charge >= 0.3 is 11.5 Å². The first-order valence-corrected chi connectivity index (χ1v) is 16.7. The SMILES string of the molecule is CCCCCCCCCCCCC(CCCCCCCC)CC(S)OC(CC)OC(O)([PH2]=O)C(=O)OC. The first kappa shape index (κ1) is 36.9. The summed E-state index contributed by atoms with van der Waals surface area (Å²) in [6.07, 6.45) is 23.6. The number of thiol groups is 1. The summed E-state index contributed by atoms with van der Waals surface area (Å²) in [6, 6.07) is 0. The molecular weight excluding hydrogens is 507 g/mol. The first-order valence-electron chi connectivity index (χ1n) is 15.1. The van der Waals surface area contributed by atoms with Gasteiger partial charge in [0.15, 0.2) is 6.29 Å². The van der Waals surface area contributed by atoms with Gasteiger partial charge in [0.05, 0.1) is 7.11 Å². The van der Waals surface area contributed by atoms with E-state index in [4.69, 9.17) is 9.47 Å². The minimum absolute atomic E-state index is 0.385. The molecule has 6 nitrogen and oxygen atoms in total. The van der Waals surface area contributed by atoms with Gasteiger partial charge in [-0.1, -0.05) is 136 Å². The van der Waals surface area contributed by atoms with E-state index in [2.05, 4.69) is 31.2 Å². The average molecular weight is 567 g/mol. The van der Waals surface area contributed by atoms with Gasteiger partial charge in [0.25, 0.3) is 0 Å². The monoisotopic (exact) mass is 566 g/mol. The lowest BCUT2D eigenvalue weighted by Gasteiger charge is -2.29. The lowest BCUT2D eigenvalue weighted by Crippen LogP contribution is -2.41. The fraction of sp³-hybridized carbons (Fsp3) is 0.966. The Hall–Kier alpha value is -0.0700. The van der Waals surface area contributed by atoms with Crippen LogP contribution in [0.3, 0.4) is 0 Å². The van der Waals surface area contributed by atoms with Gasteiger partial charge in [-0.25, -0.2) is 4.79 Å². The molecular formula is C29H59O6PS. The molecule has 5 atom stereocenters. The summed E-state index contributed by atoms with van der Waals surface area (Å²) in [6.45, 7) is 6.33. The summed E-state index contributed by atoms with van der Waals surface area (Å²) < 4.78 is 27.3. The van der Waals surface area contributed by atoms with Crippen molar-refractivity contribution in [1.29, 1.82) is 0 Å². The third-order valence-electron chi connectivity index (χ3n) is 7.06. The quantitative estimate of drug-likeness (QED) is 0.0340. The van der Waals surface area contributed by atoms with E-state index in [1.165, 1.54) is 116 Å². The minimum Gasteiger partial charge on any atom is -0.465 e. The fourth-order valence-corrected chi connectivity index (χ4v) is 5.56. The van der Waals surface area contributed by atoms with Crippen molar-refractivity contribution < 1.29 is 28.7 Å². The fourth-order valence-electron chi connectivity index (χ4n) is 4.71. The standard InChI is InChI=1S/C29H59O6PS/c1-5-8-10-12-14-15-16-17-19-21-23-25(22-20-18-13-11-9-6-2)24-27(37)34-26(7-3)35-29(31,36-32)28(30)33-4/h25-27,31,37H,5-24,36H2,1-4H3. The van der Waals surface area contributed by atoms with Crippen molar-refractivity contribution in [3.8, 4) is 0 Å². The maximum atomic E-state index is 11.8. The molecule has 0 heterocycles. The largest absolute Gasteiger partial charge is 0.465 e. The van der Waals surface area contributed by atoms with Gasteiger partial charge in [0, 0.05) is 0 Å². The van der Waals surface area contributed by atoms with Crippen LogP contribution in [-0.4, -0.2) is 35.4 Å². The Morgan fingerprint density at radius 3 is 1.62 bits per heavy atom. The Bertz CT molecular complexity index is 552. The summed E-state index contributed by atoms with van der Waals surface area (Å²) in [5.74, 6) is -0.554. The summed E-state index contributed by atoms with van der Waals surface area (Å²) in [5, 5.41) is 10.3. The number of methoxy groups -OCH3 is 1. The molecule has 222 valence electrons. The van der Waals surface area contributed by atoms with Gasteiger partial charge < -0.3 is 23.9 Å². The van der Waals surface area contributed by atoms with Crippen LogP contribution in [0.5, 0.6) is 0 Å². The van der Waals surface area contributed by atoms with Gasteiger partial charge in [0.1, 0.15) is 13.9 Å². The first-order chi connectivity index (χ1) is 17.9. The van der Waals surface area contributed by atoms with Crippen molar-refractivity contribution >= 4 is 27.1 Å². The highest BCUT2D eigenvalue weighted by atomic mass is 32.1. The molecule has 0 aliphatic heterocycles. The molecule has 0 fully saturated rings. The predicted octanol–water partition coefficient (Wildman–Crippen LogP) is 8.65. The second-order valence-corrected chi connectivity index (χ2v) is 12.1. The Labute approximate surface area is 235 Å². The molecule has 0 bridgehead atoms. The highest BCUT2D eigenvalue weighted by Crippen LogP contribution is 2.30. The third kappa shape index (κ3) is 19.6. The summed E-state index contributed by atoms with van der Waals surface area (Å²) in [5.41, 5.74) is -2.85. The van der Waals surface area contributed by atoms with E-state index in [0.29, 0.717) is 12.3 Å². The Morgan fingerprint density at radius 2 is 1.24 bits per heavy atom. The summed E-state index contributed by atoms with van der Waals surface area (Å²) >= 11 is 4.66. The van der Waals surface area contributed by atoms with Crippen molar-refractivity contribution in [1.82, 2.24) is 0 Å². The van der Waals surface area contributed by atoms with Crippen molar-refractivity contribution in [2.45, 2.75) is 166 Å². The lowest BCUT2D eigenvalue weighted by atomic mass is 9.91. The predicted molar refractivity (Wildman–Crippen MR) is 159 cm³/mol. The maximum absolute atomic E-state index is 11.8. The zero-order chi connectivity index (χ0) is 27.8. The number of rotatable bonds is 27. The van der Waals surface area contributed by atoms with Gasteiger partial charge in [-0.2, -0.15) is 0 Å². The van der Waals surface area contributed by atoms with E-state index in [1.54, 1.807) is 0 Å². The lowest BCUT2D eigenvalue weighted by molar-refractivity contribution is -0.257. The number of hydrogen-bond acceptors (Lipinski definition) is 7. The van der Waals surface area contributed by atoms with E-state index in [0.717, 1.165) is 13.5 Å². The molecule has 0 radical (unpaired) electrons. The molecule has 0 saturated carbocycles. The van der Waals surface area contributed by atoms with Crippen LogP contribution in [0.2, 0.25) is 0 Å². The van der Waals surface area contributed by atoms with E-state index >= 15 is 0 Å². The van der Waals surface area contributed by atoms with E-state index in [-0.39, 0.29) is 5.44 Å². The molecule has 0 aromatic heterocycles. The highest BCUT2D eigenvalue weighted by molar-refractivity contribution is 7.80. The number of aliphatic hydroxyl groups is 1. The number of esters is 1. The van der Waals surface area contributed by atoms with Crippen LogP contribution < -0.4 is 0 Å². The van der Waals surface area contributed by atoms with Crippen molar-refractivity contribution in [3.63, 3.8) is 0 Å². The van der Waals surface area contributed by atoms with E-state index in [1.807, 2.05) is 6.92 Å². The second kappa shape index (κ2) is 24.9. The van der Waals surface area contributed by atoms with Gasteiger partial charge in [-0.15, -0.1) is 12.6 Å². The molecule has 0 aromatic rings. The second-order valence-electron chi connectivity index (χ2n) is 10.5. The van der Waals surface area contributed by atoms with Gasteiger partial charge in [0.2, 0.25) is 0 Å². The minimum atomic E-state index is -2.46. The average Bonchev–Trinajstić information content (AvgIpc) is 2.90. The Balaban J connectivity index is 4.61. The Morgan fingerprint density at radius 1 is 0.811 bits per heavy atom. The number of ether oxygens (including phenoxy) is 3. The third-order valence-corrected chi connectivity index (χ3v) is 8.08. The highest BCUT2D eigenvalue weighted by Gasteiger charge is 2.40. The van der Waals surface area contributed by atoms with Crippen LogP contribution in [-0.2, 0) is 23.6 Å². The van der Waals surface area contributed by atoms with Crippen molar-refractivity contribution in [2.24, 2.45) is 5.92 Å². The summed E-state index contributed by atoms with van der Waals surface area (Å²) in [7, 11) is -0.829. The van der Waals surface area contributed by atoms with E-state index < -0.39 is 26.2 Å². The normalized spacial score (nSPS) is 16.1. The molecule has 8 heteroatoms. The van der Waals surface area contributed by atoms with Gasteiger partial charge in [-0.3, -0.25) is 0 Å². The molecule has 37 heavy (non-hydrogen) atoms. The van der Waals surface area contributed by atoms with Crippen LogP contribution in [0.15, 0.2) is 0 Å². The number of carbonyl (C=O) groups is 1. The van der Waals surface area contributed by atoms with Crippen LogP contribution in [0, 0.1) is 5.92 Å². The number of hydrogen-bond donors (Lipinski definition) is 2. The molecule has 0 amide bonds. The van der Waals surface area contributed by atoms with Crippen LogP contribution >= 0.6 is 21.1 Å². The molecule has 0 rings (SSSR count). The molecule has 1 N–H and O–H groups in total. The molecule has 5 unspecified atom stereocenters.